The Balaban J connectivity index is 1.72. The third-order valence-electron chi connectivity index (χ3n) is 5.53. The SMILES string of the molecule is OC1CCC2CCC(C3CCCC3)C(O)C12. The van der Waals surface area contributed by atoms with E-state index in [4.69, 9.17) is 0 Å². The second-order valence-corrected chi connectivity index (χ2v) is 6.26. The van der Waals surface area contributed by atoms with Gasteiger partial charge in [0.05, 0.1) is 12.2 Å². The predicted octanol–water partition coefficient (Wildman–Crippen LogP) is 2.33. The van der Waals surface area contributed by atoms with Crippen LogP contribution in [0.15, 0.2) is 0 Å². The molecule has 92 valence electrons. The van der Waals surface area contributed by atoms with E-state index in [9.17, 15) is 10.2 Å². The Hall–Kier alpha value is -0.0800. The zero-order valence-electron chi connectivity index (χ0n) is 10.0. The molecule has 3 aliphatic rings. The van der Waals surface area contributed by atoms with Crippen molar-refractivity contribution in [3.05, 3.63) is 0 Å². The van der Waals surface area contributed by atoms with Crippen LogP contribution in [0.2, 0.25) is 0 Å². The molecule has 5 atom stereocenters. The van der Waals surface area contributed by atoms with E-state index >= 15 is 0 Å². The maximum absolute atomic E-state index is 10.5. The van der Waals surface area contributed by atoms with Gasteiger partial charge in [-0.2, -0.15) is 0 Å². The molecule has 0 saturated heterocycles. The summed E-state index contributed by atoms with van der Waals surface area (Å²) < 4.78 is 0. The molecule has 2 N–H and O–H groups in total. The molecule has 0 heterocycles. The summed E-state index contributed by atoms with van der Waals surface area (Å²) in [6.07, 6.45) is 9.42. The lowest BCUT2D eigenvalue weighted by Crippen LogP contribution is -2.43. The van der Waals surface area contributed by atoms with E-state index < -0.39 is 0 Å². The third kappa shape index (κ3) is 1.70. The highest BCUT2D eigenvalue weighted by molar-refractivity contribution is 4.97. The summed E-state index contributed by atoms with van der Waals surface area (Å²) in [5, 5.41) is 20.5. The fourth-order valence-corrected chi connectivity index (χ4v) is 4.69. The lowest BCUT2D eigenvalue weighted by molar-refractivity contribution is -0.0631. The number of fused-ring (bicyclic) bond motifs is 1. The highest BCUT2D eigenvalue weighted by Crippen LogP contribution is 2.49. The Bertz CT molecular complexity index is 247. The third-order valence-corrected chi connectivity index (χ3v) is 5.53. The highest BCUT2D eigenvalue weighted by atomic mass is 16.3. The van der Waals surface area contributed by atoms with Crippen molar-refractivity contribution in [3.63, 3.8) is 0 Å². The first-order chi connectivity index (χ1) is 7.77. The minimum absolute atomic E-state index is 0.208. The summed E-state index contributed by atoms with van der Waals surface area (Å²) in [6.45, 7) is 0. The molecule has 3 rings (SSSR count). The quantitative estimate of drug-likeness (QED) is 0.717. The molecule has 0 aromatic rings. The van der Waals surface area contributed by atoms with Crippen LogP contribution in [0.25, 0.3) is 0 Å². The molecule has 3 saturated carbocycles. The summed E-state index contributed by atoms with van der Waals surface area (Å²) in [6, 6.07) is 0. The van der Waals surface area contributed by atoms with Crippen LogP contribution in [-0.4, -0.2) is 22.4 Å². The van der Waals surface area contributed by atoms with Crippen molar-refractivity contribution in [2.24, 2.45) is 23.7 Å². The molecule has 0 aromatic heterocycles. The van der Waals surface area contributed by atoms with Gasteiger partial charge in [-0.25, -0.2) is 0 Å². The standard InChI is InChI=1S/C14H24O2/c15-12-8-6-10-5-7-11(14(16)13(10)12)9-3-1-2-4-9/h9-16H,1-8H2. The zero-order chi connectivity index (χ0) is 11.1. The number of rotatable bonds is 1. The summed E-state index contributed by atoms with van der Waals surface area (Å²) in [5.41, 5.74) is 0. The van der Waals surface area contributed by atoms with E-state index in [1.54, 1.807) is 0 Å². The smallest absolute Gasteiger partial charge is 0.0626 e. The number of aliphatic hydroxyl groups excluding tert-OH is 2. The van der Waals surface area contributed by atoms with Crippen molar-refractivity contribution >= 4 is 0 Å². The van der Waals surface area contributed by atoms with Gasteiger partial charge in [-0.15, -0.1) is 0 Å². The Morgan fingerprint density at radius 3 is 2.12 bits per heavy atom. The highest BCUT2D eigenvalue weighted by Gasteiger charge is 2.47. The van der Waals surface area contributed by atoms with Crippen LogP contribution >= 0.6 is 0 Å². The van der Waals surface area contributed by atoms with Crippen LogP contribution in [0.3, 0.4) is 0 Å². The van der Waals surface area contributed by atoms with Gasteiger partial charge in [-0.05, 0) is 43.4 Å². The lowest BCUT2D eigenvalue weighted by Gasteiger charge is -2.41. The summed E-state index contributed by atoms with van der Waals surface area (Å²) in [7, 11) is 0. The van der Waals surface area contributed by atoms with Crippen molar-refractivity contribution < 1.29 is 10.2 Å². The van der Waals surface area contributed by atoms with E-state index in [2.05, 4.69) is 0 Å². The van der Waals surface area contributed by atoms with E-state index in [0.29, 0.717) is 11.8 Å². The molecule has 0 radical (unpaired) electrons. The first-order valence-electron chi connectivity index (χ1n) is 7.13. The monoisotopic (exact) mass is 224 g/mol. The normalized spacial score (nSPS) is 49.5. The summed E-state index contributed by atoms with van der Waals surface area (Å²) in [4.78, 5) is 0. The number of hydrogen-bond acceptors (Lipinski definition) is 2. The molecule has 0 bridgehead atoms. The van der Waals surface area contributed by atoms with Crippen molar-refractivity contribution in [1.82, 2.24) is 0 Å². The van der Waals surface area contributed by atoms with E-state index in [0.717, 1.165) is 18.8 Å². The van der Waals surface area contributed by atoms with Crippen LogP contribution < -0.4 is 0 Å². The van der Waals surface area contributed by atoms with Crippen LogP contribution in [0.4, 0.5) is 0 Å². The van der Waals surface area contributed by atoms with E-state index in [1.165, 1.54) is 38.5 Å². The molecule has 3 fully saturated rings. The van der Waals surface area contributed by atoms with Gasteiger partial charge in [0.2, 0.25) is 0 Å². The van der Waals surface area contributed by atoms with Gasteiger partial charge in [-0.1, -0.05) is 25.7 Å². The molecular formula is C14H24O2. The van der Waals surface area contributed by atoms with Gasteiger partial charge < -0.3 is 10.2 Å². The molecule has 2 heteroatoms. The molecule has 0 aliphatic heterocycles. The molecule has 0 amide bonds. The zero-order valence-corrected chi connectivity index (χ0v) is 10.0. The molecule has 2 nitrogen and oxygen atoms in total. The van der Waals surface area contributed by atoms with E-state index in [1.807, 2.05) is 0 Å². The maximum atomic E-state index is 10.5. The number of hydrogen-bond donors (Lipinski definition) is 2. The first kappa shape index (κ1) is 11.0. The second-order valence-electron chi connectivity index (χ2n) is 6.26. The Morgan fingerprint density at radius 2 is 1.38 bits per heavy atom. The fraction of sp³-hybridized carbons (Fsp3) is 1.00. The van der Waals surface area contributed by atoms with Crippen LogP contribution in [0, 0.1) is 23.7 Å². The Morgan fingerprint density at radius 1 is 0.688 bits per heavy atom. The number of aliphatic hydroxyl groups is 2. The average molecular weight is 224 g/mol. The molecule has 0 spiro atoms. The van der Waals surface area contributed by atoms with Gasteiger partial charge >= 0.3 is 0 Å². The first-order valence-corrected chi connectivity index (χ1v) is 7.13. The van der Waals surface area contributed by atoms with Crippen molar-refractivity contribution in [1.29, 1.82) is 0 Å². The fourth-order valence-electron chi connectivity index (χ4n) is 4.69. The lowest BCUT2D eigenvalue weighted by atomic mass is 9.68. The topological polar surface area (TPSA) is 40.5 Å². The minimum atomic E-state index is -0.218. The van der Waals surface area contributed by atoms with Crippen molar-refractivity contribution in [2.75, 3.05) is 0 Å². The molecule has 0 aromatic carbocycles. The van der Waals surface area contributed by atoms with E-state index in [-0.39, 0.29) is 18.1 Å². The largest absolute Gasteiger partial charge is 0.393 e. The minimum Gasteiger partial charge on any atom is -0.393 e. The molecule has 3 aliphatic carbocycles. The molecular weight excluding hydrogens is 200 g/mol. The average Bonchev–Trinajstić information content (AvgIpc) is 2.89. The molecule has 5 unspecified atom stereocenters. The molecule has 16 heavy (non-hydrogen) atoms. The second kappa shape index (κ2) is 4.30. The van der Waals surface area contributed by atoms with Gasteiger partial charge in [0.15, 0.2) is 0 Å². The Labute approximate surface area is 98.1 Å². The van der Waals surface area contributed by atoms with Crippen LogP contribution in [0.5, 0.6) is 0 Å². The van der Waals surface area contributed by atoms with Crippen molar-refractivity contribution in [3.8, 4) is 0 Å². The van der Waals surface area contributed by atoms with Gasteiger partial charge in [-0.3, -0.25) is 0 Å². The van der Waals surface area contributed by atoms with Crippen LogP contribution in [0.1, 0.15) is 51.4 Å². The van der Waals surface area contributed by atoms with Gasteiger partial charge in [0.25, 0.3) is 0 Å². The summed E-state index contributed by atoms with van der Waals surface area (Å²) >= 11 is 0. The van der Waals surface area contributed by atoms with Crippen LogP contribution in [-0.2, 0) is 0 Å². The van der Waals surface area contributed by atoms with Gasteiger partial charge in [0, 0.05) is 5.92 Å². The van der Waals surface area contributed by atoms with Gasteiger partial charge in [0.1, 0.15) is 0 Å². The summed E-state index contributed by atoms with van der Waals surface area (Å²) in [5.74, 6) is 2.07. The Kier molecular flexibility index (Phi) is 2.97. The maximum Gasteiger partial charge on any atom is 0.0626 e. The predicted molar refractivity (Wildman–Crippen MR) is 62.9 cm³/mol. The van der Waals surface area contributed by atoms with Crippen molar-refractivity contribution in [2.45, 2.75) is 63.6 Å².